The second-order valence-electron chi connectivity index (χ2n) is 5.22. The van der Waals surface area contributed by atoms with Crippen molar-refractivity contribution < 1.29 is 4.74 Å². The number of benzene rings is 1. The van der Waals surface area contributed by atoms with Gasteiger partial charge in [-0.05, 0) is 56.9 Å². The van der Waals surface area contributed by atoms with Gasteiger partial charge in [-0.25, -0.2) is 0 Å². The van der Waals surface area contributed by atoms with Gasteiger partial charge >= 0.3 is 0 Å². The van der Waals surface area contributed by atoms with Gasteiger partial charge < -0.3 is 10.1 Å². The largest absolute Gasteiger partial charge is 0.489 e. The van der Waals surface area contributed by atoms with Crippen LogP contribution in [0.4, 0.5) is 0 Å². The molecular formula is C16H26ClNO. The third-order valence-electron chi connectivity index (χ3n) is 3.43. The van der Waals surface area contributed by atoms with Gasteiger partial charge in [0.15, 0.2) is 0 Å². The van der Waals surface area contributed by atoms with E-state index in [0.29, 0.717) is 6.04 Å². The Morgan fingerprint density at radius 1 is 1.16 bits per heavy atom. The zero-order chi connectivity index (χ0) is 14.4. The highest BCUT2D eigenvalue weighted by atomic mass is 35.5. The Bertz CT molecular complexity index is 379. The second kappa shape index (κ2) is 7.76. The van der Waals surface area contributed by atoms with Crippen LogP contribution >= 0.6 is 11.6 Å². The summed E-state index contributed by atoms with van der Waals surface area (Å²) in [7, 11) is 0. The number of nitrogens with one attached hydrogen (secondary N) is 1. The van der Waals surface area contributed by atoms with Crippen molar-refractivity contribution in [3.05, 3.63) is 28.3 Å². The number of rotatable bonds is 7. The fourth-order valence-corrected chi connectivity index (χ4v) is 2.27. The Kier molecular flexibility index (Phi) is 6.67. The summed E-state index contributed by atoms with van der Waals surface area (Å²) in [6.45, 7) is 11.4. The lowest BCUT2D eigenvalue weighted by atomic mass is 10.1. The lowest BCUT2D eigenvalue weighted by Crippen LogP contribution is -2.36. The summed E-state index contributed by atoms with van der Waals surface area (Å²) in [5.74, 6) is 0.901. The fraction of sp³-hybridized carbons (Fsp3) is 0.625. The molecular weight excluding hydrogens is 258 g/mol. The molecule has 2 nitrogen and oxygen atoms in total. The monoisotopic (exact) mass is 283 g/mol. The molecule has 19 heavy (non-hydrogen) atoms. The molecule has 0 amide bonds. The van der Waals surface area contributed by atoms with E-state index in [9.17, 15) is 0 Å². The second-order valence-corrected chi connectivity index (χ2v) is 5.60. The summed E-state index contributed by atoms with van der Waals surface area (Å²) < 4.78 is 5.95. The SMILES string of the molecule is CCC(CC)NCC(C)Oc1cc(C)c(Cl)c(C)c1. The molecule has 0 heterocycles. The number of aryl methyl sites for hydroxylation is 2. The van der Waals surface area contributed by atoms with Crippen LogP contribution in [0.25, 0.3) is 0 Å². The molecule has 0 saturated carbocycles. The first-order valence-electron chi connectivity index (χ1n) is 7.14. The molecule has 1 aromatic carbocycles. The smallest absolute Gasteiger partial charge is 0.120 e. The zero-order valence-electron chi connectivity index (χ0n) is 12.7. The molecule has 0 spiro atoms. The Balaban J connectivity index is 2.55. The van der Waals surface area contributed by atoms with E-state index < -0.39 is 0 Å². The van der Waals surface area contributed by atoms with Crippen LogP contribution < -0.4 is 10.1 Å². The molecule has 1 atom stereocenters. The predicted octanol–water partition coefficient (Wildman–Crippen LogP) is 4.50. The van der Waals surface area contributed by atoms with Crippen molar-refractivity contribution in [2.24, 2.45) is 0 Å². The molecule has 0 aliphatic heterocycles. The van der Waals surface area contributed by atoms with Gasteiger partial charge in [-0.3, -0.25) is 0 Å². The molecule has 0 saturated heterocycles. The molecule has 0 bridgehead atoms. The number of ether oxygens (including phenoxy) is 1. The zero-order valence-corrected chi connectivity index (χ0v) is 13.5. The van der Waals surface area contributed by atoms with E-state index in [-0.39, 0.29) is 6.10 Å². The first-order chi connectivity index (χ1) is 8.97. The highest BCUT2D eigenvalue weighted by Crippen LogP contribution is 2.26. The van der Waals surface area contributed by atoms with E-state index in [1.54, 1.807) is 0 Å². The Labute approximate surface area is 122 Å². The topological polar surface area (TPSA) is 21.3 Å². The summed E-state index contributed by atoms with van der Waals surface area (Å²) in [6, 6.07) is 4.59. The van der Waals surface area contributed by atoms with Crippen LogP contribution in [-0.4, -0.2) is 18.7 Å². The average molecular weight is 284 g/mol. The lowest BCUT2D eigenvalue weighted by molar-refractivity contribution is 0.210. The number of hydrogen-bond donors (Lipinski definition) is 1. The summed E-state index contributed by atoms with van der Waals surface area (Å²) >= 11 is 6.16. The molecule has 1 aromatic rings. The Hall–Kier alpha value is -0.730. The molecule has 0 fully saturated rings. The number of hydrogen-bond acceptors (Lipinski definition) is 2. The van der Waals surface area contributed by atoms with Crippen LogP contribution in [0.1, 0.15) is 44.7 Å². The number of halogens is 1. The molecule has 0 aromatic heterocycles. The minimum atomic E-state index is 0.153. The minimum absolute atomic E-state index is 0.153. The maximum Gasteiger partial charge on any atom is 0.120 e. The van der Waals surface area contributed by atoms with Crippen molar-refractivity contribution in [1.29, 1.82) is 0 Å². The predicted molar refractivity (Wildman–Crippen MR) is 83.4 cm³/mol. The molecule has 0 aliphatic carbocycles. The molecule has 1 unspecified atom stereocenters. The molecule has 3 heteroatoms. The van der Waals surface area contributed by atoms with Gasteiger partial charge in [0, 0.05) is 17.6 Å². The molecule has 108 valence electrons. The highest BCUT2D eigenvalue weighted by Gasteiger charge is 2.09. The Morgan fingerprint density at radius 2 is 1.68 bits per heavy atom. The van der Waals surface area contributed by atoms with Crippen molar-refractivity contribution in [2.75, 3.05) is 6.54 Å². The molecule has 0 radical (unpaired) electrons. The van der Waals surface area contributed by atoms with Gasteiger partial charge in [-0.1, -0.05) is 25.4 Å². The van der Waals surface area contributed by atoms with Crippen molar-refractivity contribution in [3.8, 4) is 5.75 Å². The highest BCUT2D eigenvalue weighted by molar-refractivity contribution is 6.32. The van der Waals surface area contributed by atoms with Crippen molar-refractivity contribution in [3.63, 3.8) is 0 Å². The summed E-state index contributed by atoms with van der Waals surface area (Å²) in [4.78, 5) is 0. The van der Waals surface area contributed by atoms with E-state index >= 15 is 0 Å². The maximum atomic E-state index is 6.16. The van der Waals surface area contributed by atoms with Crippen LogP contribution in [0.3, 0.4) is 0 Å². The lowest BCUT2D eigenvalue weighted by Gasteiger charge is -2.20. The maximum absolute atomic E-state index is 6.16. The van der Waals surface area contributed by atoms with Crippen molar-refractivity contribution in [2.45, 2.75) is 59.6 Å². The third kappa shape index (κ3) is 5.04. The van der Waals surface area contributed by atoms with Crippen LogP contribution in [0.2, 0.25) is 5.02 Å². The summed E-state index contributed by atoms with van der Waals surface area (Å²) in [5.41, 5.74) is 2.13. The quantitative estimate of drug-likeness (QED) is 0.795. The summed E-state index contributed by atoms with van der Waals surface area (Å²) in [5, 5.41) is 4.36. The Morgan fingerprint density at radius 3 is 2.16 bits per heavy atom. The molecule has 0 aliphatic rings. The van der Waals surface area contributed by atoms with E-state index in [2.05, 4.69) is 26.1 Å². The first-order valence-corrected chi connectivity index (χ1v) is 7.52. The van der Waals surface area contributed by atoms with Gasteiger partial charge in [0.1, 0.15) is 11.9 Å². The third-order valence-corrected chi connectivity index (χ3v) is 4.02. The van der Waals surface area contributed by atoms with Crippen LogP contribution in [0.5, 0.6) is 5.75 Å². The van der Waals surface area contributed by atoms with Crippen molar-refractivity contribution in [1.82, 2.24) is 5.32 Å². The fourth-order valence-electron chi connectivity index (χ4n) is 2.16. The van der Waals surface area contributed by atoms with Crippen LogP contribution in [0, 0.1) is 13.8 Å². The van der Waals surface area contributed by atoms with Crippen LogP contribution in [0.15, 0.2) is 12.1 Å². The van der Waals surface area contributed by atoms with Gasteiger partial charge in [-0.2, -0.15) is 0 Å². The van der Waals surface area contributed by atoms with E-state index in [1.807, 2.05) is 26.0 Å². The van der Waals surface area contributed by atoms with Gasteiger partial charge in [0.05, 0.1) is 0 Å². The first kappa shape index (κ1) is 16.3. The minimum Gasteiger partial charge on any atom is -0.489 e. The van der Waals surface area contributed by atoms with Gasteiger partial charge in [-0.15, -0.1) is 0 Å². The molecule has 1 rings (SSSR count). The van der Waals surface area contributed by atoms with E-state index in [0.717, 1.165) is 41.3 Å². The standard InChI is InChI=1S/C16H26ClNO/c1-6-14(7-2)18-10-13(5)19-15-8-11(3)16(17)12(4)9-15/h8-9,13-14,18H,6-7,10H2,1-5H3. The van der Waals surface area contributed by atoms with Gasteiger partial charge in [0.2, 0.25) is 0 Å². The van der Waals surface area contributed by atoms with Crippen LogP contribution in [-0.2, 0) is 0 Å². The normalized spacial score (nSPS) is 12.8. The van der Waals surface area contributed by atoms with Crippen molar-refractivity contribution >= 4 is 11.6 Å². The van der Waals surface area contributed by atoms with E-state index in [1.165, 1.54) is 0 Å². The summed E-state index contributed by atoms with van der Waals surface area (Å²) in [6.07, 6.45) is 2.46. The van der Waals surface area contributed by atoms with Gasteiger partial charge in [0.25, 0.3) is 0 Å². The van der Waals surface area contributed by atoms with E-state index in [4.69, 9.17) is 16.3 Å². The molecule has 1 N–H and O–H groups in total. The average Bonchev–Trinajstić information content (AvgIpc) is 2.37.